The van der Waals surface area contributed by atoms with E-state index in [4.69, 9.17) is 23.2 Å². The number of carbonyl (C=O) groups is 1. The van der Waals surface area contributed by atoms with Gasteiger partial charge in [0.2, 0.25) is 0 Å². The first-order valence-electron chi connectivity index (χ1n) is 4.59. The molecule has 1 unspecified atom stereocenters. The molecule has 0 amide bonds. The summed E-state index contributed by atoms with van der Waals surface area (Å²) in [6, 6.07) is -0.114. The SMILES string of the molecule is CCCCCCC(Cl)C(=O)OCCl. The quantitative estimate of drug-likeness (QED) is 0.379. The van der Waals surface area contributed by atoms with Crippen LogP contribution in [0.1, 0.15) is 39.0 Å². The lowest BCUT2D eigenvalue weighted by Gasteiger charge is -2.06. The maximum atomic E-state index is 11.0. The summed E-state index contributed by atoms with van der Waals surface area (Å²) < 4.78 is 4.56. The molecule has 0 rings (SSSR count). The molecule has 0 saturated carbocycles. The molecule has 2 nitrogen and oxygen atoms in total. The van der Waals surface area contributed by atoms with Crippen molar-refractivity contribution in [3.63, 3.8) is 0 Å². The van der Waals surface area contributed by atoms with E-state index in [-0.39, 0.29) is 6.07 Å². The Hall–Kier alpha value is 0.0500. The molecule has 0 aliphatic carbocycles. The molecule has 0 aliphatic heterocycles. The van der Waals surface area contributed by atoms with Gasteiger partial charge in [-0.15, -0.1) is 11.6 Å². The van der Waals surface area contributed by atoms with Crippen molar-refractivity contribution in [2.45, 2.75) is 44.4 Å². The van der Waals surface area contributed by atoms with Crippen LogP contribution in [-0.4, -0.2) is 17.4 Å². The second-order valence-electron chi connectivity index (χ2n) is 2.89. The lowest BCUT2D eigenvalue weighted by Crippen LogP contribution is -2.17. The summed E-state index contributed by atoms with van der Waals surface area (Å²) in [6.45, 7) is 2.14. The van der Waals surface area contributed by atoms with Crippen LogP contribution in [0.4, 0.5) is 0 Å². The highest BCUT2D eigenvalue weighted by Crippen LogP contribution is 2.11. The van der Waals surface area contributed by atoms with Gasteiger partial charge in [-0.3, -0.25) is 4.79 Å². The molecule has 78 valence electrons. The maximum Gasteiger partial charge on any atom is 0.325 e. The Balaban J connectivity index is 3.38. The molecular formula is C9H16Cl2O2. The molecule has 0 saturated heterocycles. The molecule has 0 aromatic carbocycles. The number of carbonyl (C=O) groups excluding carboxylic acids is 1. The van der Waals surface area contributed by atoms with E-state index in [0.717, 1.165) is 12.8 Å². The van der Waals surface area contributed by atoms with Gasteiger partial charge in [-0.1, -0.05) is 44.2 Å². The number of ether oxygens (including phenoxy) is 1. The number of rotatable bonds is 7. The summed E-state index contributed by atoms with van der Waals surface area (Å²) in [5.74, 6) is -0.409. The number of unbranched alkanes of at least 4 members (excludes halogenated alkanes) is 3. The first kappa shape index (κ1) is 13.1. The molecule has 0 radical (unpaired) electrons. The first-order chi connectivity index (χ1) is 6.22. The number of hydrogen-bond acceptors (Lipinski definition) is 2. The van der Waals surface area contributed by atoms with E-state index in [1.165, 1.54) is 12.8 Å². The van der Waals surface area contributed by atoms with E-state index >= 15 is 0 Å². The van der Waals surface area contributed by atoms with Crippen molar-refractivity contribution in [3.05, 3.63) is 0 Å². The van der Waals surface area contributed by atoms with Gasteiger partial charge in [-0.2, -0.15) is 0 Å². The predicted octanol–water partition coefficient (Wildman–Crippen LogP) is 3.30. The first-order valence-corrected chi connectivity index (χ1v) is 5.56. The van der Waals surface area contributed by atoms with Crippen LogP contribution in [0.5, 0.6) is 0 Å². The summed E-state index contributed by atoms with van der Waals surface area (Å²) in [7, 11) is 0. The largest absolute Gasteiger partial charge is 0.448 e. The van der Waals surface area contributed by atoms with Crippen LogP contribution in [0.25, 0.3) is 0 Å². The van der Waals surface area contributed by atoms with Crippen molar-refractivity contribution in [2.75, 3.05) is 6.07 Å². The van der Waals surface area contributed by atoms with Gasteiger partial charge in [0.25, 0.3) is 0 Å². The summed E-state index contributed by atoms with van der Waals surface area (Å²) in [5, 5.41) is -0.532. The third-order valence-corrected chi connectivity index (χ3v) is 2.27. The van der Waals surface area contributed by atoms with Gasteiger partial charge in [-0.25, -0.2) is 0 Å². The van der Waals surface area contributed by atoms with Crippen molar-refractivity contribution in [3.8, 4) is 0 Å². The van der Waals surface area contributed by atoms with Crippen LogP contribution in [0.2, 0.25) is 0 Å². The van der Waals surface area contributed by atoms with Gasteiger partial charge in [0, 0.05) is 0 Å². The highest BCUT2D eigenvalue weighted by molar-refractivity contribution is 6.30. The van der Waals surface area contributed by atoms with E-state index in [1.54, 1.807) is 0 Å². The molecule has 0 fully saturated rings. The number of hydrogen-bond donors (Lipinski definition) is 0. The Kier molecular flexibility index (Phi) is 8.67. The number of alkyl halides is 2. The highest BCUT2D eigenvalue weighted by atomic mass is 35.5. The molecule has 0 bridgehead atoms. The van der Waals surface area contributed by atoms with Crippen LogP contribution < -0.4 is 0 Å². The molecular weight excluding hydrogens is 211 g/mol. The molecule has 13 heavy (non-hydrogen) atoms. The predicted molar refractivity (Wildman–Crippen MR) is 55.2 cm³/mol. The van der Waals surface area contributed by atoms with Gasteiger partial charge in [0.1, 0.15) is 5.38 Å². The molecule has 0 aliphatic rings. The van der Waals surface area contributed by atoms with E-state index < -0.39 is 11.3 Å². The second kappa shape index (κ2) is 8.64. The van der Waals surface area contributed by atoms with E-state index in [1.807, 2.05) is 0 Å². The van der Waals surface area contributed by atoms with Gasteiger partial charge in [-0.05, 0) is 6.42 Å². The van der Waals surface area contributed by atoms with Gasteiger partial charge >= 0.3 is 5.97 Å². The molecule has 0 aromatic rings. The average Bonchev–Trinajstić information content (AvgIpc) is 2.12. The van der Waals surface area contributed by atoms with Crippen LogP contribution in [0.3, 0.4) is 0 Å². The number of esters is 1. The number of halogens is 2. The van der Waals surface area contributed by atoms with Crippen molar-refractivity contribution in [2.24, 2.45) is 0 Å². The fourth-order valence-corrected chi connectivity index (χ4v) is 1.34. The Morgan fingerprint density at radius 2 is 2.08 bits per heavy atom. The molecule has 0 aromatic heterocycles. The van der Waals surface area contributed by atoms with Crippen molar-refractivity contribution in [1.29, 1.82) is 0 Å². The Morgan fingerprint density at radius 1 is 1.38 bits per heavy atom. The normalized spacial score (nSPS) is 12.5. The molecule has 0 heterocycles. The second-order valence-corrected chi connectivity index (χ2v) is 3.63. The topological polar surface area (TPSA) is 26.3 Å². The van der Waals surface area contributed by atoms with Crippen LogP contribution in [0, 0.1) is 0 Å². The van der Waals surface area contributed by atoms with E-state index in [0.29, 0.717) is 6.42 Å². The van der Waals surface area contributed by atoms with Crippen LogP contribution in [-0.2, 0) is 9.53 Å². The molecule has 0 N–H and O–H groups in total. The van der Waals surface area contributed by atoms with E-state index in [9.17, 15) is 4.79 Å². The van der Waals surface area contributed by atoms with Gasteiger partial charge in [0.05, 0.1) is 0 Å². The Labute approximate surface area is 89.5 Å². The van der Waals surface area contributed by atoms with Crippen molar-refractivity contribution >= 4 is 29.2 Å². The van der Waals surface area contributed by atoms with Crippen molar-refractivity contribution in [1.82, 2.24) is 0 Å². The zero-order chi connectivity index (χ0) is 10.1. The smallest absolute Gasteiger partial charge is 0.325 e. The fourth-order valence-electron chi connectivity index (χ4n) is 1.01. The minimum atomic E-state index is -0.532. The third kappa shape index (κ3) is 7.15. The summed E-state index contributed by atoms with van der Waals surface area (Å²) >= 11 is 11.0. The lowest BCUT2D eigenvalue weighted by molar-refractivity contribution is -0.141. The molecule has 0 spiro atoms. The summed E-state index contributed by atoms with van der Waals surface area (Å²) in [6.07, 6.45) is 5.14. The van der Waals surface area contributed by atoms with E-state index in [2.05, 4.69) is 11.7 Å². The van der Waals surface area contributed by atoms with Crippen molar-refractivity contribution < 1.29 is 9.53 Å². The Morgan fingerprint density at radius 3 is 2.62 bits per heavy atom. The monoisotopic (exact) mass is 226 g/mol. The zero-order valence-electron chi connectivity index (χ0n) is 7.89. The standard InChI is InChI=1S/C9H16Cl2O2/c1-2-3-4-5-6-8(11)9(12)13-7-10/h8H,2-7H2,1H3. The van der Waals surface area contributed by atoms with Gasteiger partial charge in [0.15, 0.2) is 6.07 Å². The zero-order valence-corrected chi connectivity index (χ0v) is 9.40. The third-order valence-electron chi connectivity index (χ3n) is 1.76. The lowest BCUT2D eigenvalue weighted by atomic mass is 10.1. The molecule has 4 heteroatoms. The maximum absolute atomic E-state index is 11.0. The Bertz CT molecular complexity index is 140. The highest BCUT2D eigenvalue weighted by Gasteiger charge is 2.15. The summed E-state index contributed by atoms with van der Waals surface area (Å²) in [4.78, 5) is 11.0. The fraction of sp³-hybridized carbons (Fsp3) is 0.889. The van der Waals surface area contributed by atoms with Crippen LogP contribution in [0.15, 0.2) is 0 Å². The minimum absolute atomic E-state index is 0.114. The molecule has 1 atom stereocenters. The van der Waals surface area contributed by atoms with Gasteiger partial charge < -0.3 is 4.74 Å². The summed E-state index contributed by atoms with van der Waals surface area (Å²) in [5.41, 5.74) is 0. The minimum Gasteiger partial charge on any atom is -0.448 e. The van der Waals surface area contributed by atoms with Crippen LogP contribution >= 0.6 is 23.2 Å². The average molecular weight is 227 g/mol.